The number of nitrogens with zero attached hydrogens (tertiary/aromatic N) is 2. The fourth-order valence-electron chi connectivity index (χ4n) is 5.39. The van der Waals surface area contributed by atoms with Crippen LogP contribution in [0.2, 0.25) is 0 Å². The van der Waals surface area contributed by atoms with Gasteiger partial charge in [0.25, 0.3) is 0 Å². The molecule has 1 atom stereocenters. The second-order valence-corrected chi connectivity index (χ2v) is 9.93. The number of benzene rings is 2. The van der Waals surface area contributed by atoms with Crippen molar-refractivity contribution in [1.29, 1.82) is 0 Å². The van der Waals surface area contributed by atoms with E-state index in [4.69, 9.17) is 10.5 Å². The summed E-state index contributed by atoms with van der Waals surface area (Å²) in [5.41, 5.74) is 9.76. The Kier molecular flexibility index (Phi) is 8.74. The van der Waals surface area contributed by atoms with Crippen LogP contribution in [0.5, 0.6) is 5.75 Å². The number of aromatic nitrogens is 1. The summed E-state index contributed by atoms with van der Waals surface area (Å²) in [4.78, 5) is 7.03. The van der Waals surface area contributed by atoms with Crippen molar-refractivity contribution in [2.24, 2.45) is 11.1 Å². The number of hydrogen-bond donors (Lipinski definition) is 3. The van der Waals surface area contributed by atoms with E-state index in [1.165, 1.54) is 5.56 Å². The van der Waals surface area contributed by atoms with E-state index in [1.54, 1.807) is 13.3 Å². The molecule has 6 nitrogen and oxygen atoms in total. The smallest absolute Gasteiger partial charge is 0.119 e. The van der Waals surface area contributed by atoms with Crippen LogP contribution in [-0.2, 0) is 13.0 Å². The average Bonchev–Trinajstić information content (AvgIpc) is 2.92. The summed E-state index contributed by atoms with van der Waals surface area (Å²) in [6.45, 7) is 3.55. The topological polar surface area (TPSA) is 91.8 Å². The molecule has 3 aromatic rings. The van der Waals surface area contributed by atoms with Crippen molar-refractivity contribution in [1.82, 2.24) is 9.88 Å². The van der Waals surface area contributed by atoms with Crippen LogP contribution in [-0.4, -0.2) is 53.4 Å². The van der Waals surface area contributed by atoms with E-state index < -0.39 is 6.10 Å². The van der Waals surface area contributed by atoms with E-state index in [0.29, 0.717) is 13.0 Å². The van der Waals surface area contributed by atoms with E-state index in [9.17, 15) is 10.2 Å². The molecular formula is C29H39N3O3. The fourth-order valence-corrected chi connectivity index (χ4v) is 5.39. The van der Waals surface area contributed by atoms with E-state index >= 15 is 0 Å². The molecule has 2 aromatic carbocycles. The maximum Gasteiger partial charge on any atom is 0.119 e. The predicted octanol–water partition coefficient (Wildman–Crippen LogP) is 4.22. The Hall–Kier alpha value is -2.51. The summed E-state index contributed by atoms with van der Waals surface area (Å²) in [6, 6.07) is 16.4. The molecule has 2 heterocycles. The van der Waals surface area contributed by atoms with Crippen LogP contribution in [0.1, 0.15) is 54.9 Å². The van der Waals surface area contributed by atoms with Crippen LogP contribution in [0.15, 0.2) is 54.7 Å². The van der Waals surface area contributed by atoms with Crippen molar-refractivity contribution < 1.29 is 14.9 Å². The van der Waals surface area contributed by atoms with E-state index in [1.807, 2.05) is 18.2 Å². The van der Waals surface area contributed by atoms with Gasteiger partial charge in [0, 0.05) is 24.7 Å². The number of piperidine rings is 1. The number of aliphatic hydroxyl groups is 2. The highest BCUT2D eigenvalue weighted by molar-refractivity contribution is 5.85. The molecule has 35 heavy (non-hydrogen) atoms. The lowest BCUT2D eigenvalue weighted by atomic mass is 9.74. The van der Waals surface area contributed by atoms with Crippen molar-refractivity contribution in [3.8, 4) is 5.75 Å². The predicted molar refractivity (Wildman–Crippen MR) is 140 cm³/mol. The minimum absolute atomic E-state index is 0.139. The van der Waals surface area contributed by atoms with Gasteiger partial charge in [0.1, 0.15) is 5.75 Å². The zero-order valence-electron chi connectivity index (χ0n) is 20.8. The summed E-state index contributed by atoms with van der Waals surface area (Å²) in [7, 11) is 1.64. The van der Waals surface area contributed by atoms with Crippen LogP contribution in [0.3, 0.4) is 0 Å². The first-order chi connectivity index (χ1) is 17.1. The molecule has 0 radical (unpaired) electrons. The molecule has 1 aliphatic rings. The van der Waals surface area contributed by atoms with Crippen LogP contribution >= 0.6 is 0 Å². The number of pyridine rings is 1. The molecule has 0 bridgehead atoms. The van der Waals surface area contributed by atoms with Crippen molar-refractivity contribution in [3.05, 3.63) is 71.4 Å². The highest BCUT2D eigenvalue weighted by Crippen LogP contribution is 2.39. The number of hydrogen-bond acceptors (Lipinski definition) is 6. The third-order valence-corrected chi connectivity index (χ3v) is 7.74. The zero-order chi connectivity index (χ0) is 24.7. The Morgan fingerprint density at radius 3 is 2.60 bits per heavy atom. The van der Waals surface area contributed by atoms with E-state index in [-0.39, 0.29) is 12.0 Å². The maximum absolute atomic E-state index is 11.3. The Balaban J connectivity index is 1.36. The number of likely N-dealkylation sites (tertiary alicyclic amines) is 1. The largest absolute Gasteiger partial charge is 0.497 e. The Morgan fingerprint density at radius 1 is 1.14 bits per heavy atom. The molecule has 1 fully saturated rings. The van der Waals surface area contributed by atoms with Gasteiger partial charge in [0.15, 0.2) is 0 Å². The monoisotopic (exact) mass is 477 g/mol. The maximum atomic E-state index is 11.3. The molecule has 6 heteroatoms. The highest BCUT2D eigenvalue weighted by Gasteiger charge is 2.34. The Morgan fingerprint density at radius 2 is 1.91 bits per heavy atom. The molecule has 188 valence electrons. The molecule has 1 aliphatic heterocycles. The molecule has 1 aromatic heterocycles. The first-order valence-electron chi connectivity index (χ1n) is 12.8. The number of methoxy groups -OCH3 is 1. The molecule has 0 saturated carbocycles. The molecule has 0 unspecified atom stereocenters. The van der Waals surface area contributed by atoms with Gasteiger partial charge in [0.2, 0.25) is 0 Å². The fraction of sp³-hybridized carbons (Fsp3) is 0.483. The minimum Gasteiger partial charge on any atom is -0.497 e. The third-order valence-electron chi connectivity index (χ3n) is 7.74. The van der Waals surface area contributed by atoms with E-state index in [0.717, 1.165) is 79.5 Å². The van der Waals surface area contributed by atoms with Gasteiger partial charge in [0.05, 0.1) is 18.7 Å². The standard InChI is InChI=1S/C29H39N3O3/c1-35-24-9-10-26-25(18-24)28(23(19-30)20-31-26)27(34)11-12-29(21-33)13-16-32(17-14-29)15-5-8-22-6-3-2-4-7-22/h2-4,6-7,9-10,18,20,27,33-34H,5,8,11-17,19,21,30H2,1H3/t27-/m0/s1. The van der Waals surface area contributed by atoms with Gasteiger partial charge in [-0.3, -0.25) is 4.98 Å². The molecule has 0 aliphatic carbocycles. The summed E-state index contributed by atoms with van der Waals surface area (Å²) < 4.78 is 5.40. The van der Waals surface area contributed by atoms with Gasteiger partial charge in [-0.05, 0) is 98.5 Å². The molecule has 4 rings (SSSR count). The first kappa shape index (κ1) is 25.6. The number of aryl methyl sites for hydroxylation is 1. The van der Waals surface area contributed by atoms with Gasteiger partial charge < -0.3 is 25.6 Å². The van der Waals surface area contributed by atoms with Gasteiger partial charge >= 0.3 is 0 Å². The molecule has 0 amide bonds. The average molecular weight is 478 g/mol. The number of aliphatic hydroxyl groups excluding tert-OH is 2. The first-order valence-corrected chi connectivity index (χ1v) is 12.8. The van der Waals surface area contributed by atoms with Crippen molar-refractivity contribution in [3.63, 3.8) is 0 Å². The van der Waals surface area contributed by atoms with Gasteiger partial charge in [-0.1, -0.05) is 30.3 Å². The summed E-state index contributed by atoms with van der Waals surface area (Å²) in [6.07, 6.45) is 6.62. The molecule has 4 N–H and O–H groups in total. The van der Waals surface area contributed by atoms with Gasteiger partial charge in [-0.15, -0.1) is 0 Å². The third kappa shape index (κ3) is 6.19. The quantitative estimate of drug-likeness (QED) is 0.383. The molecular weight excluding hydrogens is 438 g/mol. The van der Waals surface area contributed by atoms with Crippen LogP contribution < -0.4 is 10.5 Å². The second-order valence-electron chi connectivity index (χ2n) is 9.93. The van der Waals surface area contributed by atoms with Crippen LogP contribution in [0.25, 0.3) is 10.9 Å². The van der Waals surface area contributed by atoms with E-state index in [2.05, 4.69) is 40.2 Å². The second kappa shape index (κ2) is 12.0. The zero-order valence-corrected chi connectivity index (χ0v) is 20.8. The Labute approximate surface area is 208 Å². The van der Waals surface area contributed by atoms with Crippen LogP contribution in [0.4, 0.5) is 0 Å². The SMILES string of the molecule is COc1ccc2ncc(CN)c([C@@H](O)CCC3(CO)CCN(CCCc4ccccc4)CC3)c2c1. The van der Waals surface area contributed by atoms with Crippen LogP contribution in [0, 0.1) is 5.41 Å². The lowest BCUT2D eigenvalue weighted by molar-refractivity contribution is 0.0233. The lowest BCUT2D eigenvalue weighted by Gasteiger charge is -2.41. The lowest BCUT2D eigenvalue weighted by Crippen LogP contribution is -2.42. The summed E-state index contributed by atoms with van der Waals surface area (Å²) in [5, 5.41) is 22.5. The van der Waals surface area contributed by atoms with Gasteiger partial charge in [-0.2, -0.15) is 0 Å². The van der Waals surface area contributed by atoms with Gasteiger partial charge in [-0.25, -0.2) is 0 Å². The number of rotatable bonds is 11. The van der Waals surface area contributed by atoms with Crippen molar-refractivity contribution in [2.75, 3.05) is 33.4 Å². The summed E-state index contributed by atoms with van der Waals surface area (Å²) in [5.74, 6) is 0.730. The van der Waals surface area contributed by atoms with Crippen molar-refractivity contribution >= 4 is 10.9 Å². The highest BCUT2D eigenvalue weighted by atomic mass is 16.5. The molecule has 1 saturated heterocycles. The minimum atomic E-state index is -0.668. The number of fused-ring (bicyclic) bond motifs is 1. The number of nitrogens with two attached hydrogens (primary N) is 1. The Bertz CT molecular complexity index is 1080. The molecule has 0 spiro atoms. The number of ether oxygens (including phenoxy) is 1. The normalized spacial score (nSPS) is 16.9. The van der Waals surface area contributed by atoms with Crippen molar-refractivity contribution in [2.45, 2.75) is 51.2 Å². The summed E-state index contributed by atoms with van der Waals surface area (Å²) >= 11 is 0.